The zero-order chi connectivity index (χ0) is 28.5. The zero-order valence-corrected chi connectivity index (χ0v) is 24.5. The minimum absolute atomic E-state index is 0.0987. The molecule has 2 aromatic carbocycles. The number of piperidine rings is 1. The average molecular weight is 588 g/mol. The van der Waals surface area contributed by atoms with Crippen LogP contribution in [-0.4, -0.2) is 54.0 Å². The van der Waals surface area contributed by atoms with Crippen LogP contribution < -0.4 is 10.1 Å². The van der Waals surface area contributed by atoms with Crippen molar-refractivity contribution >= 4 is 41.0 Å². The van der Waals surface area contributed by atoms with Crippen molar-refractivity contribution in [2.75, 3.05) is 19.6 Å². The molecule has 0 aromatic heterocycles. The van der Waals surface area contributed by atoms with Gasteiger partial charge in [-0.2, -0.15) is 0 Å². The van der Waals surface area contributed by atoms with Gasteiger partial charge < -0.3 is 14.8 Å². The third-order valence-electron chi connectivity index (χ3n) is 8.61. The number of hydrogen-bond donors (Lipinski definition) is 1. The van der Waals surface area contributed by atoms with E-state index in [-0.39, 0.29) is 24.3 Å². The Kier molecular flexibility index (Phi) is 8.46. The number of rotatable bonds is 8. The third kappa shape index (κ3) is 6.32. The van der Waals surface area contributed by atoms with Gasteiger partial charge >= 0.3 is 11.9 Å². The molecule has 9 heteroatoms. The molecule has 3 atom stereocenters. The van der Waals surface area contributed by atoms with Gasteiger partial charge in [-0.05, 0) is 86.4 Å². The summed E-state index contributed by atoms with van der Waals surface area (Å²) in [6.45, 7) is 5.37. The molecule has 3 fully saturated rings. The molecule has 40 heavy (non-hydrogen) atoms. The highest BCUT2D eigenvalue weighted by molar-refractivity contribution is 6.42. The Morgan fingerprint density at radius 1 is 1.00 bits per heavy atom. The van der Waals surface area contributed by atoms with Gasteiger partial charge in [0.1, 0.15) is 11.4 Å². The Morgan fingerprint density at radius 3 is 2.50 bits per heavy atom. The van der Waals surface area contributed by atoms with Crippen molar-refractivity contribution < 1.29 is 23.9 Å². The summed E-state index contributed by atoms with van der Waals surface area (Å²) in [5, 5.41) is 4.11. The molecule has 3 aliphatic rings. The minimum Gasteiger partial charge on any atom is -0.457 e. The van der Waals surface area contributed by atoms with E-state index in [0.29, 0.717) is 47.5 Å². The van der Waals surface area contributed by atoms with Gasteiger partial charge in [0.15, 0.2) is 0 Å². The Labute approximate surface area is 245 Å². The first-order chi connectivity index (χ1) is 19.1. The maximum Gasteiger partial charge on any atom is 0.308 e. The largest absolute Gasteiger partial charge is 0.457 e. The van der Waals surface area contributed by atoms with E-state index in [4.69, 9.17) is 32.7 Å². The maximum atomic E-state index is 13.2. The fraction of sp³-hybridized carbons (Fsp3) is 0.516. The second-order valence-corrected chi connectivity index (χ2v) is 12.5. The number of ether oxygens (including phenoxy) is 2. The molecule has 2 unspecified atom stereocenters. The first-order valence-electron chi connectivity index (χ1n) is 14.0. The molecule has 1 aliphatic heterocycles. The summed E-state index contributed by atoms with van der Waals surface area (Å²) >= 11 is 12.2. The van der Waals surface area contributed by atoms with Crippen molar-refractivity contribution in [3.63, 3.8) is 0 Å². The molecule has 2 aliphatic carbocycles. The number of carbonyl (C=O) groups is 3. The van der Waals surface area contributed by atoms with Crippen LogP contribution in [0.3, 0.4) is 0 Å². The van der Waals surface area contributed by atoms with Crippen molar-refractivity contribution in [3.8, 4) is 5.75 Å². The van der Waals surface area contributed by atoms with Crippen molar-refractivity contribution in [1.82, 2.24) is 10.2 Å². The van der Waals surface area contributed by atoms with Crippen LogP contribution in [0, 0.1) is 5.92 Å². The van der Waals surface area contributed by atoms with Crippen molar-refractivity contribution in [2.45, 2.75) is 75.9 Å². The van der Waals surface area contributed by atoms with E-state index in [1.165, 1.54) is 26.7 Å². The Bertz CT molecular complexity index is 1300. The summed E-state index contributed by atoms with van der Waals surface area (Å²) in [5.41, 5.74) is 0.427. The number of fused-ring (bicyclic) bond motifs is 1. The molecule has 5 rings (SSSR count). The van der Waals surface area contributed by atoms with Crippen molar-refractivity contribution in [1.29, 1.82) is 0 Å². The van der Waals surface area contributed by atoms with Crippen LogP contribution in [0.1, 0.15) is 63.5 Å². The smallest absolute Gasteiger partial charge is 0.308 e. The molecule has 214 valence electrons. The highest BCUT2D eigenvalue weighted by atomic mass is 35.5. The normalized spacial score (nSPS) is 26.4. The number of carbonyl (C=O) groups excluding carboxylic acids is 3. The third-order valence-corrected chi connectivity index (χ3v) is 9.35. The molecule has 1 N–H and O–H groups in total. The fourth-order valence-corrected chi connectivity index (χ4v) is 7.09. The molecule has 1 saturated heterocycles. The van der Waals surface area contributed by atoms with Crippen LogP contribution in [0.5, 0.6) is 5.75 Å². The van der Waals surface area contributed by atoms with E-state index < -0.39 is 17.0 Å². The maximum absolute atomic E-state index is 13.2. The first kappa shape index (κ1) is 28.9. The summed E-state index contributed by atoms with van der Waals surface area (Å²) in [5.74, 6) is 0.374. The van der Waals surface area contributed by atoms with E-state index in [1.54, 1.807) is 24.3 Å². The van der Waals surface area contributed by atoms with Gasteiger partial charge in [-0.3, -0.25) is 19.3 Å². The Morgan fingerprint density at radius 2 is 1.80 bits per heavy atom. The number of amides is 1. The lowest BCUT2D eigenvalue weighted by Crippen LogP contribution is -2.68. The van der Waals surface area contributed by atoms with Crippen LogP contribution in [0.2, 0.25) is 10.0 Å². The van der Waals surface area contributed by atoms with E-state index in [0.717, 1.165) is 30.6 Å². The van der Waals surface area contributed by atoms with Gasteiger partial charge in [-0.1, -0.05) is 41.4 Å². The lowest BCUT2D eigenvalue weighted by Gasteiger charge is -2.59. The van der Waals surface area contributed by atoms with E-state index in [9.17, 15) is 14.4 Å². The standard InChI is InChI=1S/C31H36Cl2N2O5/c1-20(36)39-26-5-3-4-24(16-26)30-12-13-35(18-22-6-7-22)19-31(30,40-21(2)37)11-10-25(17-30)34-29(38)15-23-8-9-27(32)28(33)14-23/h3-5,8-9,14,16,22,25H,6-7,10-13,15,17-19H2,1-2H3,(H,34,38)/t25-,30?,31?/m0/s1. The molecule has 0 radical (unpaired) electrons. The number of nitrogens with one attached hydrogen (secondary N) is 1. The molecule has 1 heterocycles. The monoisotopic (exact) mass is 586 g/mol. The summed E-state index contributed by atoms with van der Waals surface area (Å²) in [7, 11) is 0. The van der Waals surface area contributed by atoms with Crippen LogP contribution in [-0.2, 0) is 31.0 Å². The molecule has 7 nitrogen and oxygen atoms in total. The predicted molar refractivity (Wildman–Crippen MR) is 154 cm³/mol. The second-order valence-electron chi connectivity index (χ2n) is 11.7. The summed E-state index contributed by atoms with van der Waals surface area (Å²) in [6, 6.07) is 12.7. The fourth-order valence-electron chi connectivity index (χ4n) is 6.77. The van der Waals surface area contributed by atoms with E-state index in [2.05, 4.69) is 10.2 Å². The lowest BCUT2D eigenvalue weighted by atomic mass is 9.55. The molecular weight excluding hydrogens is 551 g/mol. The molecule has 2 aromatic rings. The lowest BCUT2D eigenvalue weighted by molar-refractivity contribution is -0.187. The van der Waals surface area contributed by atoms with Crippen LogP contribution >= 0.6 is 23.2 Å². The average Bonchev–Trinajstić information content (AvgIpc) is 3.70. The Balaban J connectivity index is 1.45. The molecule has 0 spiro atoms. The number of halogens is 2. The minimum atomic E-state index is -0.758. The van der Waals surface area contributed by atoms with E-state index >= 15 is 0 Å². The predicted octanol–water partition coefficient (Wildman–Crippen LogP) is 5.49. The topological polar surface area (TPSA) is 84.9 Å². The Hall–Kier alpha value is -2.61. The van der Waals surface area contributed by atoms with Gasteiger partial charge in [0.05, 0.1) is 16.5 Å². The van der Waals surface area contributed by atoms with Gasteiger partial charge in [-0.15, -0.1) is 0 Å². The SMILES string of the molecule is CC(=O)Oc1cccc(C23CCN(CC4CC4)CC2(OC(C)=O)CC[C@H](NC(=O)Cc2ccc(Cl)c(Cl)c2)C3)c1. The molecule has 0 bridgehead atoms. The number of hydrogen-bond acceptors (Lipinski definition) is 6. The van der Waals surface area contributed by atoms with Crippen molar-refractivity contribution in [3.05, 3.63) is 63.6 Å². The van der Waals surface area contributed by atoms with E-state index in [1.807, 2.05) is 18.2 Å². The molecular formula is C31H36Cl2N2O5. The van der Waals surface area contributed by atoms with Gasteiger partial charge in [-0.25, -0.2) is 0 Å². The van der Waals surface area contributed by atoms with Crippen LogP contribution in [0.15, 0.2) is 42.5 Å². The second kappa shape index (κ2) is 11.7. The van der Waals surface area contributed by atoms with Gasteiger partial charge in [0.25, 0.3) is 0 Å². The highest BCUT2D eigenvalue weighted by Gasteiger charge is 2.61. The van der Waals surface area contributed by atoms with Gasteiger partial charge in [0, 0.05) is 38.4 Å². The number of esters is 2. The highest BCUT2D eigenvalue weighted by Crippen LogP contribution is 2.54. The summed E-state index contributed by atoms with van der Waals surface area (Å²) < 4.78 is 11.8. The zero-order valence-electron chi connectivity index (χ0n) is 23.0. The van der Waals surface area contributed by atoms with Crippen molar-refractivity contribution in [2.24, 2.45) is 5.92 Å². The quantitative estimate of drug-likeness (QED) is 0.325. The molecule has 2 saturated carbocycles. The van der Waals surface area contributed by atoms with Crippen LogP contribution in [0.25, 0.3) is 0 Å². The number of likely N-dealkylation sites (tertiary alicyclic amines) is 1. The van der Waals surface area contributed by atoms with Crippen LogP contribution in [0.4, 0.5) is 0 Å². The summed E-state index contributed by atoms with van der Waals surface area (Å²) in [6.07, 6.45) is 5.35. The number of benzene rings is 2. The van der Waals surface area contributed by atoms with Gasteiger partial charge in [0.2, 0.25) is 5.91 Å². The first-order valence-corrected chi connectivity index (χ1v) is 14.8. The summed E-state index contributed by atoms with van der Waals surface area (Å²) in [4.78, 5) is 39.9. The number of nitrogens with zero attached hydrogens (tertiary/aromatic N) is 1. The molecule has 1 amide bonds.